The van der Waals surface area contributed by atoms with E-state index >= 15 is 0 Å². The molecule has 2 aromatic rings. The van der Waals surface area contributed by atoms with Gasteiger partial charge in [-0.3, -0.25) is 9.59 Å². The van der Waals surface area contributed by atoms with Crippen LogP contribution in [-0.2, 0) is 0 Å². The van der Waals surface area contributed by atoms with Gasteiger partial charge in [-0.05, 0) is 42.8 Å². The fraction of sp³-hybridized carbons (Fsp3) is 0.222. The van der Waals surface area contributed by atoms with Crippen LogP contribution in [0.1, 0.15) is 33.6 Å². The van der Waals surface area contributed by atoms with Crippen LogP contribution in [0.15, 0.2) is 36.4 Å². The number of rotatable bonds is 2. The fourth-order valence-electron chi connectivity index (χ4n) is 2.83. The molecule has 0 aromatic heterocycles. The maximum absolute atomic E-state index is 13.0. The summed E-state index contributed by atoms with van der Waals surface area (Å²) < 4.78 is 5.18. The van der Waals surface area contributed by atoms with Crippen LogP contribution < -0.4 is 15.4 Å². The first-order valence-corrected chi connectivity index (χ1v) is 7.97. The molecule has 0 aliphatic carbocycles. The first-order valence-electron chi connectivity index (χ1n) is 7.59. The van der Waals surface area contributed by atoms with Gasteiger partial charge in [-0.2, -0.15) is 0 Å². The van der Waals surface area contributed by atoms with Crippen LogP contribution >= 0.6 is 11.6 Å². The monoisotopic (exact) mass is 344 g/mol. The second kappa shape index (κ2) is 6.53. The maximum atomic E-state index is 13.0. The minimum Gasteiger partial charge on any atom is -0.495 e. The smallest absolute Gasteiger partial charge is 0.258 e. The molecule has 0 spiro atoms. The van der Waals surface area contributed by atoms with E-state index in [-0.39, 0.29) is 11.7 Å². The van der Waals surface area contributed by atoms with Crippen molar-refractivity contribution in [2.75, 3.05) is 24.3 Å². The third-order valence-corrected chi connectivity index (χ3v) is 4.30. The summed E-state index contributed by atoms with van der Waals surface area (Å²) in [4.78, 5) is 26.9. The van der Waals surface area contributed by atoms with Crippen molar-refractivity contribution in [3.8, 4) is 5.75 Å². The van der Waals surface area contributed by atoms with E-state index in [1.807, 2.05) is 0 Å². The molecule has 5 nitrogen and oxygen atoms in total. The quantitative estimate of drug-likeness (QED) is 0.845. The molecule has 0 atom stereocenters. The van der Waals surface area contributed by atoms with Crippen molar-refractivity contribution in [1.82, 2.24) is 0 Å². The number of benzene rings is 2. The summed E-state index contributed by atoms with van der Waals surface area (Å²) in [7, 11) is 1.50. The highest BCUT2D eigenvalue weighted by atomic mass is 35.5. The van der Waals surface area contributed by atoms with Gasteiger partial charge in [0.2, 0.25) is 0 Å². The molecule has 24 heavy (non-hydrogen) atoms. The SMILES string of the molecule is COc1cc(C(=O)N2CCCC(=O)c3cc(Cl)ccc32)ccc1N. The van der Waals surface area contributed by atoms with Crippen LogP contribution in [0, 0.1) is 0 Å². The van der Waals surface area contributed by atoms with Gasteiger partial charge in [-0.25, -0.2) is 0 Å². The first-order chi connectivity index (χ1) is 11.5. The first kappa shape index (κ1) is 16.3. The van der Waals surface area contributed by atoms with Gasteiger partial charge in [0.25, 0.3) is 5.91 Å². The number of Topliss-reactive ketones (excluding diaryl/α,β-unsaturated/α-hetero) is 1. The molecule has 2 aromatic carbocycles. The molecule has 2 N–H and O–H groups in total. The van der Waals surface area contributed by atoms with Gasteiger partial charge in [0, 0.05) is 29.1 Å². The molecule has 1 heterocycles. The number of carbonyl (C=O) groups is 2. The number of nitrogens with two attached hydrogens (primary N) is 1. The lowest BCUT2D eigenvalue weighted by atomic mass is 10.1. The Kier molecular flexibility index (Phi) is 4.44. The Hall–Kier alpha value is -2.53. The van der Waals surface area contributed by atoms with E-state index in [4.69, 9.17) is 22.1 Å². The molecule has 1 aliphatic rings. The average Bonchev–Trinajstić information content (AvgIpc) is 2.74. The summed E-state index contributed by atoms with van der Waals surface area (Å²) in [6.45, 7) is 0.464. The predicted molar refractivity (Wildman–Crippen MR) is 94.1 cm³/mol. The molecule has 0 saturated heterocycles. The van der Waals surface area contributed by atoms with E-state index in [0.29, 0.717) is 52.7 Å². The molecule has 0 fully saturated rings. The van der Waals surface area contributed by atoms with Gasteiger partial charge in [0.15, 0.2) is 5.78 Å². The predicted octanol–water partition coefficient (Wildman–Crippen LogP) is 3.55. The Balaban J connectivity index is 2.04. The molecule has 0 bridgehead atoms. The highest BCUT2D eigenvalue weighted by molar-refractivity contribution is 6.31. The molecule has 3 rings (SSSR count). The Morgan fingerprint density at radius 3 is 2.79 bits per heavy atom. The molecular weight excluding hydrogens is 328 g/mol. The zero-order chi connectivity index (χ0) is 17.3. The van der Waals surface area contributed by atoms with Gasteiger partial charge in [-0.15, -0.1) is 0 Å². The topological polar surface area (TPSA) is 72.6 Å². The van der Waals surface area contributed by atoms with Crippen molar-refractivity contribution in [1.29, 1.82) is 0 Å². The largest absolute Gasteiger partial charge is 0.495 e. The zero-order valence-corrected chi connectivity index (χ0v) is 14.0. The van der Waals surface area contributed by atoms with Crippen molar-refractivity contribution >= 4 is 34.7 Å². The normalized spacial score (nSPS) is 14.1. The van der Waals surface area contributed by atoms with Crippen molar-refractivity contribution in [2.24, 2.45) is 0 Å². The molecule has 0 unspecified atom stereocenters. The second-order valence-corrected chi connectivity index (χ2v) is 6.04. The summed E-state index contributed by atoms with van der Waals surface area (Å²) in [5, 5.41) is 0.477. The van der Waals surface area contributed by atoms with E-state index in [9.17, 15) is 9.59 Å². The van der Waals surface area contributed by atoms with E-state index in [1.165, 1.54) is 7.11 Å². The number of ether oxygens (including phenoxy) is 1. The molecule has 1 amide bonds. The van der Waals surface area contributed by atoms with Crippen molar-refractivity contribution in [3.63, 3.8) is 0 Å². The molecular formula is C18H17ClN2O3. The summed E-state index contributed by atoms with van der Waals surface area (Å²) in [5.74, 6) is 0.243. The lowest BCUT2D eigenvalue weighted by molar-refractivity contribution is 0.0973. The number of hydrogen-bond acceptors (Lipinski definition) is 4. The number of hydrogen-bond donors (Lipinski definition) is 1. The van der Waals surface area contributed by atoms with Crippen LogP contribution in [0.5, 0.6) is 5.75 Å². The van der Waals surface area contributed by atoms with E-state index in [2.05, 4.69) is 0 Å². The number of amides is 1. The highest BCUT2D eigenvalue weighted by Gasteiger charge is 2.26. The Morgan fingerprint density at radius 1 is 1.25 bits per heavy atom. The Bertz CT molecular complexity index is 820. The van der Waals surface area contributed by atoms with Gasteiger partial charge in [-0.1, -0.05) is 11.6 Å². The molecule has 124 valence electrons. The van der Waals surface area contributed by atoms with Crippen LogP contribution in [0.25, 0.3) is 0 Å². The Labute approximate surface area is 145 Å². The van der Waals surface area contributed by atoms with Gasteiger partial charge < -0.3 is 15.4 Å². The number of fused-ring (bicyclic) bond motifs is 1. The number of halogens is 1. The van der Waals surface area contributed by atoms with Crippen molar-refractivity contribution < 1.29 is 14.3 Å². The molecule has 0 radical (unpaired) electrons. The third-order valence-electron chi connectivity index (χ3n) is 4.06. The van der Waals surface area contributed by atoms with Crippen LogP contribution in [0.4, 0.5) is 11.4 Å². The van der Waals surface area contributed by atoms with Crippen LogP contribution in [0.2, 0.25) is 5.02 Å². The number of anilines is 2. The van der Waals surface area contributed by atoms with E-state index < -0.39 is 0 Å². The van der Waals surface area contributed by atoms with Crippen molar-refractivity contribution in [2.45, 2.75) is 12.8 Å². The number of nitrogens with zero attached hydrogens (tertiary/aromatic N) is 1. The van der Waals surface area contributed by atoms with Crippen LogP contribution in [-0.4, -0.2) is 25.3 Å². The number of carbonyl (C=O) groups excluding carboxylic acids is 2. The second-order valence-electron chi connectivity index (χ2n) is 5.60. The van der Waals surface area contributed by atoms with Crippen LogP contribution in [0.3, 0.4) is 0 Å². The summed E-state index contributed by atoms with van der Waals surface area (Å²) in [6.07, 6.45) is 0.991. The molecule has 1 aliphatic heterocycles. The lowest BCUT2D eigenvalue weighted by Gasteiger charge is -2.23. The zero-order valence-electron chi connectivity index (χ0n) is 13.2. The van der Waals surface area contributed by atoms with Crippen molar-refractivity contribution in [3.05, 3.63) is 52.5 Å². The summed E-state index contributed by atoms with van der Waals surface area (Å²) >= 11 is 6.01. The summed E-state index contributed by atoms with van der Waals surface area (Å²) in [6, 6.07) is 9.92. The van der Waals surface area contributed by atoms with E-state index in [0.717, 1.165) is 0 Å². The standard InChI is InChI=1S/C18H17ClN2O3/c1-24-17-9-11(4-6-14(17)20)18(23)21-8-2-3-16(22)13-10-12(19)5-7-15(13)21/h4-7,9-10H,2-3,8,20H2,1H3. The Morgan fingerprint density at radius 2 is 2.04 bits per heavy atom. The third kappa shape index (κ3) is 2.95. The fourth-order valence-corrected chi connectivity index (χ4v) is 3.00. The molecule has 0 saturated carbocycles. The summed E-state index contributed by atoms with van der Waals surface area (Å²) in [5.41, 5.74) is 7.79. The number of methoxy groups -OCH3 is 1. The number of ketones is 1. The maximum Gasteiger partial charge on any atom is 0.258 e. The molecule has 6 heteroatoms. The highest BCUT2D eigenvalue weighted by Crippen LogP contribution is 2.31. The minimum atomic E-state index is -0.202. The average molecular weight is 345 g/mol. The lowest BCUT2D eigenvalue weighted by Crippen LogP contribution is -2.31. The van der Waals surface area contributed by atoms with Gasteiger partial charge in [0.05, 0.1) is 18.5 Å². The number of nitrogen functional groups attached to an aromatic ring is 1. The van der Waals surface area contributed by atoms with Gasteiger partial charge in [0.1, 0.15) is 5.75 Å². The van der Waals surface area contributed by atoms with Gasteiger partial charge >= 0.3 is 0 Å². The minimum absolute atomic E-state index is 0.00214. The van der Waals surface area contributed by atoms with E-state index in [1.54, 1.807) is 41.3 Å².